The van der Waals surface area contributed by atoms with Crippen molar-refractivity contribution in [2.45, 2.75) is 25.8 Å². The van der Waals surface area contributed by atoms with Crippen LogP contribution in [0.4, 0.5) is 0 Å². The van der Waals surface area contributed by atoms with Crippen LogP contribution in [0, 0.1) is 12.3 Å². The van der Waals surface area contributed by atoms with Gasteiger partial charge in [0, 0.05) is 13.2 Å². The third-order valence-electron chi connectivity index (χ3n) is 6.22. The number of hydrogen-bond donors (Lipinski definition) is 2. The van der Waals surface area contributed by atoms with Gasteiger partial charge < -0.3 is 23.9 Å². The Bertz CT molecular complexity index is 1430. The van der Waals surface area contributed by atoms with Crippen molar-refractivity contribution in [1.82, 2.24) is 19.3 Å². The van der Waals surface area contributed by atoms with Crippen LogP contribution in [-0.4, -0.2) is 45.3 Å². The maximum Gasteiger partial charge on any atom is 0.230 e. The summed E-state index contributed by atoms with van der Waals surface area (Å²) in [6.07, 6.45) is 2.11. The van der Waals surface area contributed by atoms with E-state index < -0.39 is 0 Å². The number of hydrogen-bond acceptors (Lipinski definition) is 7. The molecule has 0 bridgehead atoms. The fraction of sp³-hybridized carbons (Fsp3) is 0.269. The summed E-state index contributed by atoms with van der Waals surface area (Å²) in [4.78, 5) is 4.57. The Labute approximate surface area is 202 Å². The number of para-hydroxylation sites is 1. The van der Waals surface area contributed by atoms with Crippen LogP contribution in [-0.2, 0) is 6.54 Å². The van der Waals surface area contributed by atoms with Gasteiger partial charge in [-0.1, -0.05) is 24.3 Å². The molecule has 180 valence electrons. The van der Waals surface area contributed by atoms with Gasteiger partial charge in [-0.15, -0.1) is 0 Å². The molecular formula is C26H27N5O4. The molecule has 2 aromatic heterocycles. The Morgan fingerprint density at radius 3 is 2.54 bits per heavy atom. The van der Waals surface area contributed by atoms with Gasteiger partial charge in [-0.3, -0.25) is 5.41 Å². The number of rotatable bonds is 7. The van der Waals surface area contributed by atoms with Crippen LogP contribution >= 0.6 is 0 Å². The van der Waals surface area contributed by atoms with E-state index in [4.69, 9.17) is 24.7 Å². The maximum atomic E-state index is 9.32. The average molecular weight is 474 g/mol. The van der Waals surface area contributed by atoms with Crippen molar-refractivity contribution >= 4 is 0 Å². The topological polar surface area (TPSA) is 107 Å². The molecule has 0 spiro atoms. The number of aromatic nitrogens is 4. The molecule has 9 nitrogen and oxygen atoms in total. The quantitative estimate of drug-likeness (QED) is 0.374. The van der Waals surface area contributed by atoms with E-state index in [1.807, 2.05) is 55.5 Å². The van der Waals surface area contributed by atoms with E-state index in [9.17, 15) is 5.11 Å². The van der Waals surface area contributed by atoms with Gasteiger partial charge >= 0.3 is 0 Å². The van der Waals surface area contributed by atoms with Crippen molar-refractivity contribution in [1.29, 1.82) is 5.41 Å². The Kier molecular flexibility index (Phi) is 6.00. The zero-order valence-corrected chi connectivity index (χ0v) is 19.9. The predicted molar refractivity (Wildman–Crippen MR) is 129 cm³/mol. The lowest BCUT2D eigenvalue weighted by Crippen LogP contribution is -2.30. The van der Waals surface area contributed by atoms with Crippen LogP contribution in [0.25, 0.3) is 5.69 Å². The highest BCUT2D eigenvalue weighted by Gasteiger charge is 2.37. The number of ether oxygens (including phenoxy) is 3. The standard InChI is InChI=1S/C26H27N5O4/c1-16-21-22(17-10-11-19(33-2)20(14-17)34-3)23-24(27)30(12-7-13-32)15-28-25(23)35-26(21)31(29-16)18-8-5-4-6-9-18/h4-6,8-11,14-15,22,27,32H,7,12-13H2,1-3H3. The molecule has 35 heavy (non-hydrogen) atoms. The molecule has 2 aromatic carbocycles. The highest BCUT2D eigenvalue weighted by molar-refractivity contribution is 5.59. The van der Waals surface area contributed by atoms with Crippen molar-refractivity contribution in [2.75, 3.05) is 20.8 Å². The summed E-state index contributed by atoms with van der Waals surface area (Å²) in [5.41, 5.74) is 4.34. The summed E-state index contributed by atoms with van der Waals surface area (Å²) in [6, 6.07) is 15.5. The van der Waals surface area contributed by atoms with Crippen LogP contribution in [0.3, 0.4) is 0 Å². The first kappa shape index (κ1) is 22.7. The number of aliphatic hydroxyl groups excluding tert-OH is 1. The van der Waals surface area contributed by atoms with Crippen molar-refractivity contribution in [3.05, 3.63) is 82.7 Å². The average Bonchev–Trinajstić information content (AvgIpc) is 3.23. The molecule has 4 aromatic rings. The van der Waals surface area contributed by atoms with Gasteiger partial charge in [0.05, 0.1) is 42.6 Å². The summed E-state index contributed by atoms with van der Waals surface area (Å²) in [7, 11) is 3.20. The molecule has 2 N–H and O–H groups in total. The predicted octanol–water partition coefficient (Wildman–Crippen LogP) is 3.54. The van der Waals surface area contributed by atoms with E-state index in [0.29, 0.717) is 41.8 Å². The van der Waals surface area contributed by atoms with Crippen LogP contribution in [0.1, 0.15) is 34.7 Å². The fourth-order valence-electron chi connectivity index (χ4n) is 4.55. The molecular weight excluding hydrogens is 446 g/mol. The third kappa shape index (κ3) is 3.83. The Morgan fingerprint density at radius 1 is 1.06 bits per heavy atom. The molecule has 0 aliphatic carbocycles. The summed E-state index contributed by atoms with van der Waals surface area (Å²) in [6.45, 7) is 2.45. The second kappa shape index (κ2) is 9.27. The minimum atomic E-state index is -0.368. The first-order chi connectivity index (χ1) is 17.1. The SMILES string of the molecule is COc1ccc(C2c3c(C)nn(-c4ccccc4)c3Oc3ncn(CCCO)c(=N)c32)cc1OC. The van der Waals surface area contributed by atoms with Crippen molar-refractivity contribution in [3.8, 4) is 28.9 Å². The number of nitrogens with one attached hydrogen (secondary N) is 1. The lowest BCUT2D eigenvalue weighted by Gasteiger charge is -2.27. The van der Waals surface area contributed by atoms with Gasteiger partial charge in [-0.05, 0) is 43.2 Å². The number of aryl methyl sites for hydroxylation is 2. The first-order valence-electron chi connectivity index (χ1n) is 11.4. The minimum Gasteiger partial charge on any atom is -0.493 e. The Morgan fingerprint density at radius 2 is 1.83 bits per heavy atom. The van der Waals surface area contributed by atoms with Crippen molar-refractivity contribution < 1.29 is 19.3 Å². The number of fused-ring (bicyclic) bond motifs is 2. The summed E-state index contributed by atoms with van der Waals surface area (Å²) < 4.78 is 20.9. The third-order valence-corrected chi connectivity index (χ3v) is 6.22. The molecule has 1 atom stereocenters. The smallest absolute Gasteiger partial charge is 0.230 e. The van der Waals surface area contributed by atoms with E-state index in [1.165, 1.54) is 0 Å². The second-order valence-corrected chi connectivity index (χ2v) is 8.28. The van der Waals surface area contributed by atoms with Gasteiger partial charge in [0.1, 0.15) is 11.8 Å². The molecule has 0 saturated heterocycles. The molecule has 1 aliphatic rings. The van der Waals surface area contributed by atoms with Gasteiger partial charge in [0.25, 0.3) is 0 Å². The van der Waals surface area contributed by atoms with Crippen LogP contribution in [0.2, 0.25) is 0 Å². The van der Waals surface area contributed by atoms with E-state index in [-0.39, 0.29) is 18.0 Å². The normalized spacial score (nSPS) is 14.1. The minimum absolute atomic E-state index is 0.0340. The van der Waals surface area contributed by atoms with Gasteiger partial charge in [-0.25, -0.2) is 9.67 Å². The van der Waals surface area contributed by atoms with Crippen molar-refractivity contribution in [2.24, 2.45) is 0 Å². The molecule has 1 unspecified atom stereocenters. The number of aliphatic hydroxyl groups is 1. The fourth-order valence-corrected chi connectivity index (χ4v) is 4.55. The van der Waals surface area contributed by atoms with Gasteiger partial charge in [0.2, 0.25) is 11.8 Å². The van der Waals surface area contributed by atoms with Crippen LogP contribution < -0.4 is 19.7 Å². The summed E-state index contributed by atoms with van der Waals surface area (Å²) >= 11 is 0. The van der Waals surface area contributed by atoms with Crippen molar-refractivity contribution in [3.63, 3.8) is 0 Å². The van der Waals surface area contributed by atoms with E-state index in [2.05, 4.69) is 4.98 Å². The number of nitrogens with zero attached hydrogens (tertiary/aromatic N) is 4. The van der Waals surface area contributed by atoms with Crippen LogP contribution in [0.15, 0.2) is 54.9 Å². The number of methoxy groups -OCH3 is 2. The van der Waals surface area contributed by atoms with E-state index in [0.717, 1.165) is 22.5 Å². The maximum absolute atomic E-state index is 9.32. The Hall–Kier alpha value is -4.11. The molecule has 9 heteroatoms. The summed E-state index contributed by atoms with van der Waals surface area (Å²) in [5, 5.41) is 23.1. The monoisotopic (exact) mass is 473 g/mol. The highest BCUT2D eigenvalue weighted by atomic mass is 16.5. The molecule has 1 aliphatic heterocycles. The molecule has 5 rings (SSSR count). The molecule has 0 radical (unpaired) electrons. The molecule has 3 heterocycles. The first-order valence-corrected chi connectivity index (χ1v) is 11.4. The summed E-state index contributed by atoms with van der Waals surface area (Å²) in [5.74, 6) is 1.78. The zero-order chi connectivity index (χ0) is 24.5. The largest absolute Gasteiger partial charge is 0.493 e. The lowest BCUT2D eigenvalue weighted by atomic mass is 9.84. The van der Waals surface area contributed by atoms with Gasteiger partial charge in [0.15, 0.2) is 11.5 Å². The highest BCUT2D eigenvalue weighted by Crippen LogP contribution is 2.48. The second-order valence-electron chi connectivity index (χ2n) is 8.28. The van der Waals surface area contributed by atoms with Crippen LogP contribution in [0.5, 0.6) is 23.3 Å². The van der Waals surface area contributed by atoms with E-state index >= 15 is 0 Å². The number of benzene rings is 2. The Balaban J connectivity index is 1.77. The van der Waals surface area contributed by atoms with E-state index in [1.54, 1.807) is 29.8 Å². The molecule has 0 fully saturated rings. The molecule has 0 saturated carbocycles. The zero-order valence-electron chi connectivity index (χ0n) is 19.9. The molecule has 0 amide bonds. The lowest BCUT2D eigenvalue weighted by molar-refractivity contribution is 0.277. The van der Waals surface area contributed by atoms with Gasteiger partial charge in [-0.2, -0.15) is 5.10 Å².